The fourth-order valence-corrected chi connectivity index (χ4v) is 3.06. The molecule has 1 unspecified atom stereocenters. The first-order chi connectivity index (χ1) is 8.31. The van der Waals surface area contributed by atoms with Gasteiger partial charge in [0.25, 0.3) is 0 Å². The van der Waals surface area contributed by atoms with Gasteiger partial charge in [0.1, 0.15) is 0 Å². The van der Waals surface area contributed by atoms with Crippen LogP contribution >= 0.6 is 11.3 Å². The summed E-state index contributed by atoms with van der Waals surface area (Å²) in [5.74, 6) is 0.161. The van der Waals surface area contributed by atoms with Crippen LogP contribution in [0.4, 0.5) is 0 Å². The maximum atomic E-state index is 12.1. The molecule has 2 heterocycles. The highest BCUT2D eigenvalue weighted by Gasteiger charge is 2.24. The SMILES string of the molecule is CCCC(NC(=O)[C@@H]1CCCN1)c1cccs1. The molecule has 94 valence electrons. The van der Waals surface area contributed by atoms with Gasteiger partial charge in [-0.15, -0.1) is 11.3 Å². The van der Waals surface area contributed by atoms with Crippen molar-refractivity contribution in [2.45, 2.75) is 44.7 Å². The summed E-state index contributed by atoms with van der Waals surface area (Å²) in [6, 6.07) is 4.36. The van der Waals surface area contributed by atoms with Gasteiger partial charge >= 0.3 is 0 Å². The Morgan fingerprint density at radius 3 is 3.18 bits per heavy atom. The third-order valence-corrected chi connectivity index (χ3v) is 4.14. The van der Waals surface area contributed by atoms with Crippen molar-refractivity contribution in [2.75, 3.05) is 6.54 Å². The van der Waals surface area contributed by atoms with E-state index in [0.717, 1.165) is 32.2 Å². The van der Waals surface area contributed by atoms with Gasteiger partial charge in [0.15, 0.2) is 0 Å². The van der Waals surface area contributed by atoms with Gasteiger partial charge in [0.2, 0.25) is 5.91 Å². The topological polar surface area (TPSA) is 41.1 Å². The zero-order chi connectivity index (χ0) is 12.1. The van der Waals surface area contributed by atoms with E-state index in [9.17, 15) is 4.79 Å². The molecule has 0 bridgehead atoms. The second-order valence-electron chi connectivity index (χ2n) is 4.51. The molecular formula is C13H20N2OS. The van der Waals surface area contributed by atoms with E-state index in [0.29, 0.717) is 0 Å². The summed E-state index contributed by atoms with van der Waals surface area (Å²) >= 11 is 1.72. The lowest BCUT2D eigenvalue weighted by Crippen LogP contribution is -2.41. The number of nitrogens with one attached hydrogen (secondary N) is 2. The van der Waals surface area contributed by atoms with Crippen molar-refractivity contribution in [3.05, 3.63) is 22.4 Å². The monoisotopic (exact) mass is 252 g/mol. The van der Waals surface area contributed by atoms with Gasteiger partial charge in [-0.05, 0) is 37.3 Å². The second kappa shape index (κ2) is 6.17. The smallest absolute Gasteiger partial charge is 0.237 e. The number of hydrogen-bond donors (Lipinski definition) is 2. The van der Waals surface area contributed by atoms with E-state index in [1.165, 1.54) is 4.88 Å². The first kappa shape index (κ1) is 12.6. The van der Waals surface area contributed by atoms with Gasteiger partial charge in [-0.3, -0.25) is 4.79 Å². The van der Waals surface area contributed by atoms with Crippen LogP contribution in [0.3, 0.4) is 0 Å². The van der Waals surface area contributed by atoms with Crippen LogP contribution in [-0.2, 0) is 4.79 Å². The van der Waals surface area contributed by atoms with Crippen LogP contribution in [0.25, 0.3) is 0 Å². The Morgan fingerprint density at radius 1 is 1.71 bits per heavy atom. The molecule has 1 aliphatic rings. The predicted octanol–water partition coefficient (Wildman–Crippen LogP) is 2.46. The minimum absolute atomic E-state index is 0.0225. The number of carbonyl (C=O) groups is 1. The lowest BCUT2D eigenvalue weighted by Gasteiger charge is -2.19. The Balaban J connectivity index is 1.95. The number of thiophene rings is 1. The number of carbonyl (C=O) groups excluding carboxylic acids is 1. The minimum atomic E-state index is 0.0225. The molecule has 0 radical (unpaired) electrons. The van der Waals surface area contributed by atoms with E-state index >= 15 is 0 Å². The van der Waals surface area contributed by atoms with Crippen LogP contribution < -0.4 is 10.6 Å². The molecule has 2 atom stereocenters. The van der Waals surface area contributed by atoms with Crippen molar-refractivity contribution in [1.82, 2.24) is 10.6 Å². The summed E-state index contributed by atoms with van der Waals surface area (Å²) in [5, 5.41) is 8.48. The van der Waals surface area contributed by atoms with Gasteiger partial charge < -0.3 is 10.6 Å². The Kier molecular flexibility index (Phi) is 4.57. The Bertz CT molecular complexity index is 344. The molecule has 1 aromatic heterocycles. The van der Waals surface area contributed by atoms with Crippen molar-refractivity contribution in [2.24, 2.45) is 0 Å². The molecule has 0 aliphatic carbocycles. The normalized spacial score (nSPS) is 21.4. The molecule has 3 nitrogen and oxygen atoms in total. The van der Waals surface area contributed by atoms with Crippen LogP contribution in [0, 0.1) is 0 Å². The molecule has 4 heteroatoms. The van der Waals surface area contributed by atoms with E-state index in [2.05, 4.69) is 29.0 Å². The molecule has 1 aromatic rings. The molecule has 1 saturated heterocycles. The number of amides is 1. The summed E-state index contributed by atoms with van der Waals surface area (Å²) in [5.41, 5.74) is 0. The molecule has 1 amide bonds. The van der Waals surface area contributed by atoms with Crippen molar-refractivity contribution >= 4 is 17.2 Å². The lowest BCUT2D eigenvalue weighted by molar-refractivity contribution is -0.123. The maximum Gasteiger partial charge on any atom is 0.237 e. The Labute approximate surface area is 107 Å². The van der Waals surface area contributed by atoms with Gasteiger partial charge in [0.05, 0.1) is 12.1 Å². The molecule has 2 N–H and O–H groups in total. The average molecular weight is 252 g/mol. The average Bonchev–Trinajstić information content (AvgIpc) is 3.01. The summed E-state index contributed by atoms with van der Waals surface area (Å²) < 4.78 is 0. The summed E-state index contributed by atoms with van der Waals surface area (Å²) in [4.78, 5) is 13.3. The molecule has 0 aromatic carbocycles. The maximum absolute atomic E-state index is 12.1. The van der Waals surface area contributed by atoms with Crippen LogP contribution in [0.1, 0.15) is 43.5 Å². The standard InChI is InChI=1S/C13H20N2OS/c1-2-5-10(12-7-4-9-17-12)15-13(16)11-6-3-8-14-11/h4,7,9-11,14H,2-3,5-6,8H2,1H3,(H,15,16)/t10?,11-/m0/s1. The lowest BCUT2D eigenvalue weighted by atomic mass is 10.1. The van der Waals surface area contributed by atoms with Gasteiger partial charge in [-0.2, -0.15) is 0 Å². The number of hydrogen-bond acceptors (Lipinski definition) is 3. The fourth-order valence-electron chi connectivity index (χ4n) is 2.24. The molecular weight excluding hydrogens is 232 g/mol. The third kappa shape index (κ3) is 3.30. The van der Waals surface area contributed by atoms with E-state index in [4.69, 9.17) is 0 Å². The van der Waals surface area contributed by atoms with Crippen LogP contribution in [0.15, 0.2) is 17.5 Å². The van der Waals surface area contributed by atoms with Crippen molar-refractivity contribution in [3.63, 3.8) is 0 Å². The summed E-state index contributed by atoms with van der Waals surface area (Å²) in [6.07, 6.45) is 4.17. The van der Waals surface area contributed by atoms with Crippen LogP contribution in [0.2, 0.25) is 0 Å². The minimum Gasteiger partial charge on any atom is -0.347 e. The van der Waals surface area contributed by atoms with E-state index in [1.54, 1.807) is 11.3 Å². The third-order valence-electron chi connectivity index (χ3n) is 3.16. The summed E-state index contributed by atoms with van der Waals surface area (Å²) in [6.45, 7) is 3.12. The first-order valence-electron chi connectivity index (χ1n) is 6.38. The first-order valence-corrected chi connectivity index (χ1v) is 7.26. The summed E-state index contributed by atoms with van der Waals surface area (Å²) in [7, 11) is 0. The highest BCUT2D eigenvalue weighted by atomic mass is 32.1. The van der Waals surface area contributed by atoms with Gasteiger partial charge in [-0.1, -0.05) is 19.4 Å². The molecule has 0 spiro atoms. The zero-order valence-corrected chi connectivity index (χ0v) is 11.1. The molecule has 1 fully saturated rings. The van der Waals surface area contributed by atoms with Gasteiger partial charge in [-0.25, -0.2) is 0 Å². The zero-order valence-electron chi connectivity index (χ0n) is 10.2. The van der Waals surface area contributed by atoms with Crippen LogP contribution in [0.5, 0.6) is 0 Å². The van der Waals surface area contributed by atoms with E-state index in [-0.39, 0.29) is 18.0 Å². The highest BCUT2D eigenvalue weighted by molar-refractivity contribution is 7.10. The molecule has 0 saturated carbocycles. The van der Waals surface area contributed by atoms with Crippen LogP contribution in [-0.4, -0.2) is 18.5 Å². The second-order valence-corrected chi connectivity index (χ2v) is 5.49. The van der Waals surface area contributed by atoms with Crippen molar-refractivity contribution in [1.29, 1.82) is 0 Å². The fraction of sp³-hybridized carbons (Fsp3) is 0.615. The largest absolute Gasteiger partial charge is 0.347 e. The van der Waals surface area contributed by atoms with Crippen molar-refractivity contribution < 1.29 is 4.79 Å². The molecule has 2 rings (SSSR count). The Hall–Kier alpha value is -0.870. The van der Waals surface area contributed by atoms with Gasteiger partial charge in [0, 0.05) is 4.88 Å². The number of rotatable bonds is 5. The quantitative estimate of drug-likeness (QED) is 0.845. The van der Waals surface area contributed by atoms with E-state index in [1.807, 2.05) is 6.07 Å². The van der Waals surface area contributed by atoms with Crippen molar-refractivity contribution in [3.8, 4) is 0 Å². The Morgan fingerprint density at radius 2 is 2.59 bits per heavy atom. The molecule has 1 aliphatic heterocycles. The highest BCUT2D eigenvalue weighted by Crippen LogP contribution is 2.23. The molecule has 17 heavy (non-hydrogen) atoms. The van der Waals surface area contributed by atoms with E-state index < -0.39 is 0 Å². The predicted molar refractivity (Wildman–Crippen MR) is 71.1 cm³/mol.